The number of ketones is 3. The Bertz CT molecular complexity index is 1750. The highest BCUT2D eigenvalue weighted by Gasteiger charge is 2.15. The maximum atomic E-state index is 11.7. The number of hydrogen-bond acceptors (Lipinski definition) is 13. The van der Waals surface area contributed by atoms with Gasteiger partial charge in [0.25, 0.3) is 0 Å². The van der Waals surface area contributed by atoms with E-state index in [1.807, 2.05) is 103 Å². The van der Waals surface area contributed by atoms with Gasteiger partial charge in [-0.3, -0.25) is 14.4 Å². The molecule has 0 aliphatic carbocycles. The van der Waals surface area contributed by atoms with Gasteiger partial charge in [0.05, 0.1) is 30.2 Å². The third-order valence-electron chi connectivity index (χ3n) is 7.21. The van der Waals surface area contributed by atoms with Crippen LogP contribution in [0.2, 0.25) is 0 Å². The normalized spacial score (nSPS) is 12.0. The first kappa shape index (κ1) is 51.0. The van der Waals surface area contributed by atoms with E-state index in [4.69, 9.17) is 20.1 Å². The zero-order valence-corrected chi connectivity index (χ0v) is 35.1. The van der Waals surface area contributed by atoms with Crippen molar-refractivity contribution in [2.75, 3.05) is 35.4 Å². The predicted octanol–water partition coefficient (Wildman–Crippen LogP) is 7.05. The van der Waals surface area contributed by atoms with Crippen molar-refractivity contribution in [3.63, 3.8) is 0 Å². The molecule has 0 aliphatic heterocycles. The Hall–Kier alpha value is -4.05. The molecule has 0 fully saturated rings. The van der Waals surface area contributed by atoms with E-state index >= 15 is 0 Å². The molecule has 0 saturated heterocycles. The summed E-state index contributed by atoms with van der Waals surface area (Å²) < 4.78 is 5.37. The minimum absolute atomic E-state index is 0.00977. The van der Waals surface area contributed by atoms with Crippen LogP contribution in [0.15, 0.2) is 152 Å². The Morgan fingerprint density at radius 1 is 0.526 bits per heavy atom. The maximum absolute atomic E-state index is 11.7. The Labute approximate surface area is 356 Å². The number of ether oxygens (including phenoxy) is 1. The first-order valence-corrected chi connectivity index (χ1v) is 20.7. The number of carbonyl (C=O) groups excluding carboxylic acids is 3. The molecule has 13 heteroatoms. The number of rotatable bonds is 15. The summed E-state index contributed by atoms with van der Waals surface area (Å²) in [6.45, 7) is 1.64. The molecule has 4 atom stereocenters. The average molecular weight is 853 g/mol. The molecule has 9 nitrogen and oxygen atoms in total. The number of carbonyl (C=O) groups is 3. The fraction of sp³-hybridized carbons (Fsp3) is 0.250. The van der Waals surface area contributed by atoms with Gasteiger partial charge in [0.2, 0.25) is 0 Å². The van der Waals surface area contributed by atoms with Gasteiger partial charge in [-0.2, -0.15) is 49.6 Å². The van der Waals surface area contributed by atoms with E-state index in [2.05, 4.69) is 37.9 Å². The van der Waals surface area contributed by atoms with Crippen molar-refractivity contribution in [1.29, 1.82) is 0 Å². The molecule has 0 amide bonds. The number of hydrogen-bond donors (Lipinski definition) is 8. The fourth-order valence-corrected chi connectivity index (χ4v) is 5.59. The smallest absolute Gasteiger partial charge is 0.200 e. The number of Topliss-reactive ketones (excluding diaryl/α,β-unsaturated/α-hetero) is 3. The van der Waals surface area contributed by atoms with Crippen LogP contribution in [0.3, 0.4) is 0 Å². The van der Waals surface area contributed by atoms with Gasteiger partial charge < -0.3 is 30.3 Å². The summed E-state index contributed by atoms with van der Waals surface area (Å²) >= 11 is 12.7. The number of aliphatic hydroxyl groups excluding tert-OH is 4. The van der Waals surface area contributed by atoms with E-state index in [0.29, 0.717) is 34.1 Å². The van der Waals surface area contributed by atoms with Gasteiger partial charge in [0.1, 0.15) is 11.5 Å². The summed E-state index contributed by atoms with van der Waals surface area (Å²) in [6.07, 6.45) is -3.15. The van der Waals surface area contributed by atoms with Crippen LogP contribution in [-0.2, 0) is 0 Å². The lowest BCUT2D eigenvalue weighted by Gasteiger charge is -2.14. The topological polar surface area (TPSA) is 162 Å². The van der Waals surface area contributed by atoms with Crippen molar-refractivity contribution < 1.29 is 44.7 Å². The second-order valence-electron chi connectivity index (χ2n) is 11.8. The number of benzene rings is 5. The zero-order chi connectivity index (χ0) is 42.3. The van der Waals surface area contributed by atoms with E-state index < -0.39 is 24.4 Å². The molecule has 0 aromatic heterocycles. The van der Waals surface area contributed by atoms with Crippen LogP contribution in [-0.4, -0.2) is 103 Å². The molecule has 0 aliphatic rings. The highest BCUT2D eigenvalue weighted by molar-refractivity contribution is 8.00. The van der Waals surface area contributed by atoms with Gasteiger partial charge >= 0.3 is 0 Å². The van der Waals surface area contributed by atoms with E-state index in [0.717, 1.165) is 5.56 Å². The van der Waals surface area contributed by atoms with Gasteiger partial charge in [-0.15, -0.1) is 0 Å². The van der Waals surface area contributed by atoms with Crippen LogP contribution >= 0.6 is 49.6 Å². The van der Waals surface area contributed by atoms with Crippen LogP contribution < -0.4 is 4.74 Å². The molecule has 5 aromatic rings. The maximum Gasteiger partial charge on any atom is 0.200 e. The number of phenols is 1. The summed E-state index contributed by atoms with van der Waals surface area (Å²) in [5.41, 5.74) is 2.13. The van der Waals surface area contributed by atoms with Crippen molar-refractivity contribution in [1.82, 2.24) is 0 Å². The van der Waals surface area contributed by atoms with Gasteiger partial charge in [-0.1, -0.05) is 127 Å². The molecule has 4 unspecified atom stereocenters. The second-order valence-corrected chi connectivity index (χ2v) is 13.9. The molecule has 0 radical (unpaired) electrons. The quantitative estimate of drug-likeness (QED) is 0.0405. The lowest BCUT2D eigenvalue weighted by atomic mass is 10.1. The summed E-state index contributed by atoms with van der Waals surface area (Å²) in [7, 11) is 0. The molecule has 57 heavy (non-hydrogen) atoms. The molecule has 306 valence electrons. The third kappa shape index (κ3) is 24.4. The summed E-state index contributed by atoms with van der Waals surface area (Å²) in [4.78, 5) is 34.0. The van der Waals surface area contributed by atoms with E-state index in [9.17, 15) is 24.6 Å². The molecule has 5 N–H and O–H groups in total. The molecular weight excluding hydrogens is 801 g/mol. The Morgan fingerprint density at radius 3 is 1.23 bits per heavy atom. The largest absolute Gasteiger partial charge is 0.508 e. The van der Waals surface area contributed by atoms with Crippen molar-refractivity contribution >= 4 is 67.0 Å². The standard InChI is InChI=1S/C14H12O2.C12H16O3S2.C8H8O.C6H6O.C4H10O2S2/c15-14(12-7-3-1-4-8-12)11-16-13-9-5-2-6-10-13;13-10(6-16)12(15)8-17-7-11(14)9-4-2-1-3-5-9;1-7(9)8-5-3-2-4-6-8;7-6-4-2-1-3-5-6;5-3(1-7)4(6)2-8/h1-10H,11H2;1-5,10,12-13,15-16H,6-8H2;2-6H,1H3;1-5,7H;3-8H,1-2H2. The molecule has 0 heterocycles. The van der Waals surface area contributed by atoms with Crippen LogP contribution in [0.1, 0.15) is 38.0 Å². The Kier molecular flexibility index (Phi) is 28.6. The van der Waals surface area contributed by atoms with Gasteiger partial charge in [-0.05, 0) is 31.2 Å². The number of phenolic OH excluding ortho intramolecular Hbond substituents is 1. The first-order valence-electron chi connectivity index (χ1n) is 17.7. The number of thioether (sulfide) groups is 1. The third-order valence-corrected chi connectivity index (χ3v) is 9.38. The molecule has 0 spiro atoms. The van der Waals surface area contributed by atoms with Crippen molar-refractivity contribution in [3.8, 4) is 11.5 Å². The van der Waals surface area contributed by atoms with Crippen molar-refractivity contribution in [2.24, 2.45) is 0 Å². The molecule has 0 bridgehead atoms. The minimum Gasteiger partial charge on any atom is -0.508 e. The van der Waals surface area contributed by atoms with E-state index in [-0.39, 0.29) is 41.2 Å². The summed E-state index contributed by atoms with van der Waals surface area (Å²) in [5.74, 6) is 2.59. The van der Waals surface area contributed by atoms with Crippen LogP contribution in [0.4, 0.5) is 0 Å². The Balaban J connectivity index is 0.000000373. The average Bonchev–Trinajstić information content (AvgIpc) is 3.27. The van der Waals surface area contributed by atoms with Gasteiger partial charge in [0.15, 0.2) is 24.0 Å². The Morgan fingerprint density at radius 2 is 0.877 bits per heavy atom. The summed E-state index contributed by atoms with van der Waals surface area (Å²) in [5, 5.41) is 44.9. The zero-order valence-electron chi connectivity index (χ0n) is 31.6. The SMILES string of the molecule is CC(=O)c1ccccc1.O=C(COc1ccccc1)c1ccccc1.O=C(CSCC(O)C(O)CS)c1ccccc1.OC(CS)C(O)CS.Oc1ccccc1. The van der Waals surface area contributed by atoms with Crippen LogP contribution in [0, 0.1) is 0 Å². The molecule has 0 saturated carbocycles. The number of aromatic hydroxyl groups is 1. The highest BCUT2D eigenvalue weighted by Crippen LogP contribution is 2.12. The van der Waals surface area contributed by atoms with Crippen molar-refractivity contribution in [2.45, 2.75) is 31.3 Å². The molecular formula is C44H52O9S4. The number of aliphatic hydroxyl groups is 4. The minimum atomic E-state index is -0.835. The fourth-order valence-electron chi connectivity index (χ4n) is 3.93. The van der Waals surface area contributed by atoms with Gasteiger partial charge in [0, 0.05) is 39.7 Å². The van der Waals surface area contributed by atoms with Gasteiger partial charge in [-0.25, -0.2) is 0 Å². The number of para-hydroxylation sites is 2. The summed E-state index contributed by atoms with van der Waals surface area (Å²) in [6, 6.07) is 45.4. The second kappa shape index (κ2) is 32.0. The van der Waals surface area contributed by atoms with E-state index in [1.54, 1.807) is 55.5 Å². The van der Waals surface area contributed by atoms with E-state index in [1.165, 1.54) is 11.8 Å². The predicted molar refractivity (Wildman–Crippen MR) is 241 cm³/mol. The highest BCUT2D eigenvalue weighted by atomic mass is 32.2. The van der Waals surface area contributed by atoms with Crippen LogP contribution in [0.25, 0.3) is 0 Å². The monoisotopic (exact) mass is 852 g/mol. The lowest BCUT2D eigenvalue weighted by molar-refractivity contribution is 0.0502. The molecule has 5 aromatic carbocycles. The van der Waals surface area contributed by atoms with Crippen molar-refractivity contribution in [3.05, 3.63) is 168 Å². The van der Waals surface area contributed by atoms with Crippen LogP contribution in [0.5, 0.6) is 11.5 Å². The first-order chi connectivity index (χ1) is 27.4. The lowest BCUT2D eigenvalue weighted by Crippen LogP contribution is -2.29. The molecule has 5 rings (SSSR count). The number of thiol groups is 3.